The highest BCUT2D eigenvalue weighted by Gasteiger charge is 2.17. The zero-order chi connectivity index (χ0) is 19.4. The minimum absolute atomic E-state index is 0.00220. The number of oxazole rings is 1. The van der Waals surface area contributed by atoms with Crippen LogP contribution in [0.1, 0.15) is 24.7 Å². The van der Waals surface area contributed by atoms with Crippen LogP contribution in [-0.4, -0.2) is 32.4 Å². The van der Waals surface area contributed by atoms with Gasteiger partial charge in [0, 0.05) is 42.9 Å². The van der Waals surface area contributed by atoms with Gasteiger partial charge in [-0.1, -0.05) is 11.6 Å². The lowest BCUT2D eigenvalue weighted by atomic mass is 10.2. The van der Waals surface area contributed by atoms with Gasteiger partial charge < -0.3 is 9.32 Å². The Balaban J connectivity index is 1.56. The van der Waals surface area contributed by atoms with Crippen molar-refractivity contribution in [1.29, 1.82) is 0 Å². The molecule has 2 aromatic heterocycles. The van der Waals surface area contributed by atoms with Crippen molar-refractivity contribution in [2.24, 2.45) is 0 Å². The first-order chi connectivity index (χ1) is 12.9. The Morgan fingerprint density at radius 1 is 1.30 bits per heavy atom. The first kappa shape index (κ1) is 19.0. The van der Waals surface area contributed by atoms with Crippen molar-refractivity contribution in [3.8, 4) is 11.3 Å². The number of benzene rings is 1. The van der Waals surface area contributed by atoms with Crippen molar-refractivity contribution < 1.29 is 18.0 Å². The molecule has 0 bridgehead atoms. The largest absolute Gasteiger partial charge is 0.441 e. The van der Waals surface area contributed by atoms with Gasteiger partial charge in [-0.3, -0.25) is 9.36 Å². The molecule has 2 heterocycles. The molecule has 6 nitrogen and oxygen atoms in total. The third-order valence-corrected chi connectivity index (χ3v) is 4.25. The number of imidazole rings is 1. The molecule has 9 heteroatoms. The van der Waals surface area contributed by atoms with Crippen molar-refractivity contribution in [2.75, 3.05) is 7.05 Å². The van der Waals surface area contributed by atoms with Gasteiger partial charge in [-0.25, -0.2) is 9.97 Å². The number of nitrogens with zero attached hydrogens (tertiary/aromatic N) is 4. The summed E-state index contributed by atoms with van der Waals surface area (Å²) in [4.78, 5) is 21.7. The summed E-state index contributed by atoms with van der Waals surface area (Å²) in [5.41, 5.74) is 0.834. The van der Waals surface area contributed by atoms with Gasteiger partial charge in [0.05, 0.1) is 12.7 Å². The SMILES string of the molecule is CN(Cc1nccn1C(F)F)C(=O)CCc1ncc(-c2ccc(Cl)cc2)o1. The smallest absolute Gasteiger partial charge is 0.319 e. The maximum atomic E-state index is 12.8. The molecule has 142 valence electrons. The van der Waals surface area contributed by atoms with Crippen LogP contribution in [0.4, 0.5) is 8.78 Å². The topological polar surface area (TPSA) is 64.2 Å². The van der Waals surface area contributed by atoms with Crippen molar-refractivity contribution in [3.63, 3.8) is 0 Å². The molecule has 3 aromatic rings. The number of aryl methyl sites for hydroxylation is 1. The molecular formula is C18H17ClF2N4O2. The molecule has 0 aliphatic rings. The average molecular weight is 395 g/mol. The van der Waals surface area contributed by atoms with Gasteiger partial charge in [-0.2, -0.15) is 8.78 Å². The third-order valence-electron chi connectivity index (χ3n) is 4.00. The number of aromatic nitrogens is 3. The molecule has 0 saturated carbocycles. The summed E-state index contributed by atoms with van der Waals surface area (Å²) in [7, 11) is 1.54. The number of alkyl halides is 2. The summed E-state index contributed by atoms with van der Waals surface area (Å²) >= 11 is 5.86. The molecule has 1 amide bonds. The van der Waals surface area contributed by atoms with E-state index in [-0.39, 0.29) is 24.7 Å². The van der Waals surface area contributed by atoms with E-state index in [0.29, 0.717) is 23.1 Å². The normalized spacial score (nSPS) is 11.1. The lowest BCUT2D eigenvalue weighted by molar-refractivity contribution is -0.130. The molecule has 0 N–H and O–H groups in total. The van der Waals surface area contributed by atoms with Crippen LogP contribution >= 0.6 is 11.6 Å². The fraction of sp³-hybridized carbons (Fsp3) is 0.278. The molecule has 0 saturated heterocycles. The summed E-state index contributed by atoms with van der Waals surface area (Å²) in [6.45, 7) is -2.69. The Hall–Kier alpha value is -2.74. The van der Waals surface area contributed by atoms with Crippen LogP contribution in [0.15, 0.2) is 47.3 Å². The molecule has 0 unspecified atom stereocenters. The zero-order valence-electron chi connectivity index (χ0n) is 14.5. The molecule has 0 radical (unpaired) electrons. The Labute approximate surface area is 159 Å². The molecule has 3 rings (SSSR count). The summed E-state index contributed by atoms with van der Waals surface area (Å²) in [6, 6.07) is 7.13. The van der Waals surface area contributed by atoms with Crippen LogP contribution in [0, 0.1) is 0 Å². The molecular weight excluding hydrogens is 378 g/mol. The van der Waals surface area contributed by atoms with Gasteiger partial charge in [0.1, 0.15) is 5.82 Å². The molecule has 27 heavy (non-hydrogen) atoms. The van der Waals surface area contributed by atoms with Crippen LogP contribution in [0.3, 0.4) is 0 Å². The third kappa shape index (κ3) is 4.71. The highest BCUT2D eigenvalue weighted by atomic mass is 35.5. The number of hydrogen-bond donors (Lipinski definition) is 0. The second-order valence-corrected chi connectivity index (χ2v) is 6.34. The summed E-state index contributed by atoms with van der Waals surface area (Å²) in [6.07, 6.45) is 4.51. The van der Waals surface area contributed by atoms with Gasteiger partial charge >= 0.3 is 6.55 Å². The first-order valence-electron chi connectivity index (χ1n) is 8.18. The van der Waals surface area contributed by atoms with E-state index in [9.17, 15) is 13.6 Å². The van der Waals surface area contributed by atoms with E-state index in [1.165, 1.54) is 17.3 Å². The summed E-state index contributed by atoms with van der Waals surface area (Å²) < 4.78 is 32.1. The second kappa shape index (κ2) is 8.30. The van der Waals surface area contributed by atoms with Crippen molar-refractivity contribution in [2.45, 2.75) is 25.9 Å². The molecule has 0 fully saturated rings. The van der Waals surface area contributed by atoms with Gasteiger partial charge in [0.2, 0.25) is 5.91 Å². The summed E-state index contributed by atoms with van der Waals surface area (Å²) in [5.74, 6) is 0.921. The van der Waals surface area contributed by atoms with Gasteiger partial charge in [0.25, 0.3) is 0 Å². The van der Waals surface area contributed by atoms with Crippen molar-refractivity contribution in [1.82, 2.24) is 19.4 Å². The van der Waals surface area contributed by atoms with Crippen LogP contribution in [0.2, 0.25) is 5.02 Å². The Morgan fingerprint density at radius 2 is 2.04 bits per heavy atom. The van der Waals surface area contributed by atoms with Crippen molar-refractivity contribution in [3.05, 3.63) is 59.6 Å². The van der Waals surface area contributed by atoms with Gasteiger partial charge in [-0.15, -0.1) is 0 Å². The number of rotatable bonds is 7. The van der Waals surface area contributed by atoms with Crippen LogP contribution in [0.5, 0.6) is 0 Å². The van der Waals surface area contributed by atoms with E-state index in [0.717, 1.165) is 10.1 Å². The lowest BCUT2D eigenvalue weighted by Crippen LogP contribution is -2.28. The maximum Gasteiger partial charge on any atom is 0.319 e. The van der Waals surface area contributed by atoms with E-state index in [1.807, 2.05) is 12.1 Å². The highest BCUT2D eigenvalue weighted by Crippen LogP contribution is 2.23. The molecule has 1 aromatic carbocycles. The van der Waals surface area contributed by atoms with Crippen LogP contribution in [-0.2, 0) is 17.8 Å². The fourth-order valence-electron chi connectivity index (χ4n) is 2.52. The van der Waals surface area contributed by atoms with E-state index in [4.69, 9.17) is 16.0 Å². The molecule has 0 spiro atoms. The highest BCUT2D eigenvalue weighted by molar-refractivity contribution is 6.30. The van der Waals surface area contributed by atoms with Crippen LogP contribution in [0.25, 0.3) is 11.3 Å². The number of hydrogen-bond acceptors (Lipinski definition) is 4. The first-order valence-corrected chi connectivity index (χ1v) is 8.56. The minimum atomic E-state index is -2.69. The van der Waals surface area contributed by atoms with Gasteiger partial charge in [0.15, 0.2) is 11.7 Å². The zero-order valence-corrected chi connectivity index (χ0v) is 15.2. The minimum Gasteiger partial charge on any atom is -0.441 e. The number of halogens is 3. The molecule has 0 aliphatic heterocycles. The number of carbonyl (C=O) groups excluding carboxylic acids is 1. The number of carbonyl (C=O) groups is 1. The predicted octanol–water partition coefficient (Wildman–Crippen LogP) is 4.18. The lowest BCUT2D eigenvalue weighted by Gasteiger charge is -2.17. The van der Waals surface area contributed by atoms with E-state index < -0.39 is 6.55 Å². The molecule has 0 atom stereocenters. The van der Waals surface area contributed by atoms with Gasteiger partial charge in [-0.05, 0) is 24.3 Å². The predicted molar refractivity (Wildman–Crippen MR) is 95.2 cm³/mol. The van der Waals surface area contributed by atoms with E-state index >= 15 is 0 Å². The Bertz CT molecular complexity index is 908. The van der Waals surface area contributed by atoms with E-state index in [1.54, 1.807) is 25.4 Å². The quantitative estimate of drug-likeness (QED) is 0.603. The molecule has 0 aliphatic carbocycles. The van der Waals surface area contributed by atoms with E-state index in [2.05, 4.69) is 9.97 Å². The Morgan fingerprint density at radius 3 is 2.74 bits per heavy atom. The fourth-order valence-corrected chi connectivity index (χ4v) is 2.65. The second-order valence-electron chi connectivity index (χ2n) is 5.90. The Kier molecular flexibility index (Phi) is 5.85. The van der Waals surface area contributed by atoms with Crippen LogP contribution < -0.4 is 0 Å². The monoisotopic (exact) mass is 394 g/mol. The summed E-state index contributed by atoms with van der Waals surface area (Å²) in [5, 5.41) is 0.625. The van der Waals surface area contributed by atoms with Crippen molar-refractivity contribution >= 4 is 17.5 Å². The average Bonchev–Trinajstić information content (AvgIpc) is 3.29. The maximum absolute atomic E-state index is 12.8. The number of amides is 1. The standard InChI is InChI=1S/C18H17ClF2N4O2/c1-24(11-15-22-8-9-25(15)18(20)21)17(26)7-6-16-23-10-14(27-16)12-2-4-13(19)5-3-12/h2-5,8-10,18H,6-7,11H2,1H3.